The highest BCUT2D eigenvalue weighted by atomic mass is 35.5. The molecule has 0 bridgehead atoms. The molecule has 5 nitrogen and oxygen atoms in total. The third-order valence-corrected chi connectivity index (χ3v) is 5.07. The Balaban J connectivity index is 1.65. The van der Waals surface area contributed by atoms with E-state index in [1.165, 1.54) is 0 Å². The van der Waals surface area contributed by atoms with Crippen LogP contribution in [0, 0.1) is 0 Å². The van der Waals surface area contributed by atoms with Crippen molar-refractivity contribution in [3.8, 4) is 0 Å². The Bertz CT molecular complexity index is 871. The van der Waals surface area contributed by atoms with Gasteiger partial charge in [-0.3, -0.25) is 14.5 Å². The zero-order valence-electron chi connectivity index (χ0n) is 14.5. The van der Waals surface area contributed by atoms with Gasteiger partial charge in [-0.05, 0) is 42.7 Å². The molecule has 0 saturated carbocycles. The molecule has 2 aromatic rings. The molecule has 2 aromatic carbocycles. The second-order valence-corrected chi connectivity index (χ2v) is 7.16. The van der Waals surface area contributed by atoms with Crippen molar-refractivity contribution in [2.45, 2.75) is 31.7 Å². The predicted molar refractivity (Wildman–Crippen MR) is 105 cm³/mol. The van der Waals surface area contributed by atoms with E-state index in [1.54, 1.807) is 42.5 Å². The number of halogens is 2. The first kappa shape index (κ1) is 19.4. The second kappa shape index (κ2) is 8.55. The van der Waals surface area contributed by atoms with Gasteiger partial charge in [0.05, 0.1) is 0 Å². The Kier molecular flexibility index (Phi) is 6.14. The van der Waals surface area contributed by atoms with Gasteiger partial charge in [0.2, 0.25) is 5.91 Å². The van der Waals surface area contributed by atoms with Crippen LogP contribution < -0.4 is 5.32 Å². The molecule has 140 valence electrons. The number of nitrogens with zero attached hydrogens (tertiary/aromatic N) is 1. The maximum atomic E-state index is 12.7. The van der Waals surface area contributed by atoms with Gasteiger partial charge in [-0.15, -0.1) is 0 Å². The Morgan fingerprint density at radius 1 is 1.11 bits per heavy atom. The van der Waals surface area contributed by atoms with Gasteiger partial charge in [-0.2, -0.15) is 0 Å². The molecule has 0 aliphatic carbocycles. The number of aryl methyl sites for hydroxylation is 1. The van der Waals surface area contributed by atoms with E-state index < -0.39 is 12.1 Å². The Labute approximate surface area is 167 Å². The van der Waals surface area contributed by atoms with Crippen LogP contribution in [0.5, 0.6) is 0 Å². The van der Waals surface area contributed by atoms with E-state index in [1.807, 2.05) is 6.07 Å². The third kappa shape index (κ3) is 4.67. The first-order valence-corrected chi connectivity index (χ1v) is 9.36. The predicted octanol–water partition coefficient (Wildman–Crippen LogP) is 4.72. The number of urea groups is 1. The van der Waals surface area contributed by atoms with E-state index in [4.69, 9.17) is 23.2 Å². The zero-order valence-corrected chi connectivity index (χ0v) is 16.0. The molecule has 1 N–H and O–H groups in total. The molecule has 3 rings (SSSR count). The molecule has 0 aromatic heterocycles. The Morgan fingerprint density at radius 2 is 1.85 bits per heavy atom. The summed E-state index contributed by atoms with van der Waals surface area (Å²) in [6, 6.07) is 12.6. The van der Waals surface area contributed by atoms with E-state index in [0.29, 0.717) is 28.6 Å². The minimum Gasteiger partial charge on any atom is -0.307 e. The van der Waals surface area contributed by atoms with Gasteiger partial charge in [-0.1, -0.05) is 47.5 Å². The molecule has 1 atom stereocenters. The molecule has 0 unspecified atom stereocenters. The van der Waals surface area contributed by atoms with Crippen molar-refractivity contribution in [2.75, 3.05) is 5.32 Å². The van der Waals surface area contributed by atoms with Crippen molar-refractivity contribution in [1.82, 2.24) is 4.90 Å². The summed E-state index contributed by atoms with van der Waals surface area (Å²) in [4.78, 5) is 38.4. The zero-order chi connectivity index (χ0) is 19.4. The number of hydrogen-bond donors (Lipinski definition) is 1. The summed E-state index contributed by atoms with van der Waals surface area (Å²) >= 11 is 12.0. The molecule has 27 heavy (non-hydrogen) atoms. The summed E-state index contributed by atoms with van der Waals surface area (Å²) < 4.78 is 0. The summed E-state index contributed by atoms with van der Waals surface area (Å²) in [6.07, 6.45) is 1.14. The van der Waals surface area contributed by atoms with Crippen molar-refractivity contribution in [3.63, 3.8) is 0 Å². The van der Waals surface area contributed by atoms with Crippen LogP contribution in [0.2, 0.25) is 10.0 Å². The average molecular weight is 405 g/mol. The molecule has 0 radical (unpaired) electrons. The lowest BCUT2D eigenvalue weighted by Gasteiger charge is -2.22. The normalized spacial score (nSPS) is 16.4. The van der Waals surface area contributed by atoms with Crippen LogP contribution in [0.25, 0.3) is 0 Å². The summed E-state index contributed by atoms with van der Waals surface area (Å²) in [6.45, 7) is 0. The molecule has 1 heterocycles. The molecular formula is C20H18Cl2N2O3. The van der Waals surface area contributed by atoms with Gasteiger partial charge in [0.25, 0.3) is 0 Å². The van der Waals surface area contributed by atoms with Gasteiger partial charge >= 0.3 is 6.03 Å². The number of anilines is 1. The number of imide groups is 1. The number of hydrogen-bond acceptors (Lipinski definition) is 3. The van der Waals surface area contributed by atoms with Crippen LogP contribution in [-0.2, 0) is 16.0 Å². The number of para-hydroxylation sites is 1. The highest BCUT2D eigenvalue weighted by molar-refractivity contribution is 6.35. The van der Waals surface area contributed by atoms with Gasteiger partial charge in [0.1, 0.15) is 6.04 Å². The topological polar surface area (TPSA) is 66.5 Å². The number of likely N-dealkylation sites (tertiary alicyclic amines) is 1. The molecule has 0 spiro atoms. The molecule has 1 aliphatic rings. The fourth-order valence-electron chi connectivity index (χ4n) is 3.10. The number of ketones is 1. The lowest BCUT2D eigenvalue weighted by molar-refractivity contribution is -0.131. The second-order valence-electron chi connectivity index (χ2n) is 6.32. The van der Waals surface area contributed by atoms with Crippen molar-refractivity contribution >= 4 is 46.6 Å². The minimum absolute atomic E-state index is 0.157. The van der Waals surface area contributed by atoms with E-state index in [2.05, 4.69) is 5.32 Å². The summed E-state index contributed by atoms with van der Waals surface area (Å²) in [5, 5.41) is 3.69. The number of nitrogens with one attached hydrogen (secondary N) is 1. The summed E-state index contributed by atoms with van der Waals surface area (Å²) in [5.41, 5.74) is 1.38. The molecule has 1 aliphatic heterocycles. The Morgan fingerprint density at radius 3 is 2.56 bits per heavy atom. The van der Waals surface area contributed by atoms with Crippen LogP contribution >= 0.6 is 23.2 Å². The summed E-state index contributed by atoms with van der Waals surface area (Å²) in [5.74, 6) is -0.499. The lowest BCUT2D eigenvalue weighted by atomic mass is 10.0. The van der Waals surface area contributed by atoms with Crippen LogP contribution in [0.15, 0.2) is 48.5 Å². The number of benzene rings is 2. The van der Waals surface area contributed by atoms with Crippen molar-refractivity contribution in [1.29, 1.82) is 0 Å². The van der Waals surface area contributed by atoms with Crippen LogP contribution in [0.1, 0.15) is 24.8 Å². The molecular weight excluding hydrogens is 387 g/mol. The highest BCUT2D eigenvalue weighted by Crippen LogP contribution is 2.25. The standard InChI is InChI=1S/C20H18Cl2N2O3/c21-14-8-6-13(16(22)12-14)7-10-18(25)17-9-11-19(26)24(17)20(27)23-15-4-2-1-3-5-15/h1-6,8,12,17H,7,9-11H2,(H,23,27)/t17-/m0/s1. The van der Waals surface area contributed by atoms with Crippen LogP contribution in [0.3, 0.4) is 0 Å². The average Bonchev–Trinajstić information content (AvgIpc) is 3.03. The largest absolute Gasteiger partial charge is 0.329 e. The smallest absolute Gasteiger partial charge is 0.307 e. The highest BCUT2D eigenvalue weighted by Gasteiger charge is 2.39. The number of rotatable bonds is 5. The summed E-state index contributed by atoms with van der Waals surface area (Å²) in [7, 11) is 0. The van der Waals surface area contributed by atoms with Gasteiger partial charge in [-0.25, -0.2) is 4.79 Å². The number of carbonyl (C=O) groups is 3. The van der Waals surface area contributed by atoms with E-state index in [9.17, 15) is 14.4 Å². The van der Waals surface area contributed by atoms with Crippen molar-refractivity contribution < 1.29 is 14.4 Å². The minimum atomic E-state index is -0.743. The maximum Gasteiger partial charge on any atom is 0.329 e. The van der Waals surface area contributed by atoms with Gasteiger partial charge in [0, 0.05) is 28.6 Å². The van der Waals surface area contributed by atoms with Crippen molar-refractivity contribution in [2.24, 2.45) is 0 Å². The van der Waals surface area contributed by atoms with Gasteiger partial charge < -0.3 is 5.32 Å². The Hall–Kier alpha value is -2.37. The molecule has 1 fully saturated rings. The molecule has 1 saturated heterocycles. The van der Waals surface area contributed by atoms with Crippen LogP contribution in [0.4, 0.5) is 10.5 Å². The first-order valence-electron chi connectivity index (χ1n) is 8.60. The quantitative estimate of drug-likeness (QED) is 0.783. The number of amides is 3. The lowest BCUT2D eigenvalue weighted by Crippen LogP contribution is -2.45. The fourth-order valence-corrected chi connectivity index (χ4v) is 3.60. The van der Waals surface area contributed by atoms with E-state index in [-0.39, 0.29) is 24.5 Å². The SMILES string of the molecule is O=C(CCc1ccc(Cl)cc1Cl)[C@@H]1CCC(=O)N1C(=O)Nc1ccccc1. The third-order valence-electron chi connectivity index (χ3n) is 4.48. The van der Waals surface area contributed by atoms with Crippen LogP contribution in [-0.4, -0.2) is 28.7 Å². The van der Waals surface area contributed by atoms with E-state index in [0.717, 1.165) is 10.5 Å². The fraction of sp³-hybridized carbons (Fsp3) is 0.250. The van der Waals surface area contributed by atoms with Crippen molar-refractivity contribution in [3.05, 3.63) is 64.1 Å². The molecule has 7 heteroatoms. The number of Topliss-reactive ketones (excluding diaryl/α,β-unsaturated/α-hetero) is 1. The van der Waals surface area contributed by atoms with E-state index >= 15 is 0 Å². The molecule has 3 amide bonds. The monoisotopic (exact) mass is 404 g/mol. The van der Waals surface area contributed by atoms with Gasteiger partial charge in [0.15, 0.2) is 5.78 Å². The maximum absolute atomic E-state index is 12.7. The first-order chi connectivity index (χ1) is 13.0. The number of carbonyl (C=O) groups excluding carboxylic acids is 3.